The van der Waals surface area contributed by atoms with Crippen LogP contribution in [0.3, 0.4) is 0 Å². The molecule has 0 saturated carbocycles. The lowest BCUT2D eigenvalue weighted by Crippen LogP contribution is -2.44. The van der Waals surface area contributed by atoms with Crippen molar-refractivity contribution >= 4 is 15.9 Å². The van der Waals surface area contributed by atoms with E-state index < -0.39 is 22.0 Å². The van der Waals surface area contributed by atoms with Gasteiger partial charge in [0.2, 0.25) is 15.9 Å². The molecule has 0 spiro atoms. The van der Waals surface area contributed by atoms with Gasteiger partial charge in [-0.15, -0.1) is 0 Å². The maximum absolute atomic E-state index is 11.4. The van der Waals surface area contributed by atoms with Crippen molar-refractivity contribution in [2.75, 3.05) is 5.75 Å². The number of sulfonamides is 1. The maximum Gasteiger partial charge on any atom is 0.250 e. The quantitative estimate of drug-likeness (QED) is 0.690. The summed E-state index contributed by atoms with van der Waals surface area (Å²) in [6.45, 7) is 5.58. The minimum Gasteiger partial charge on any atom is -0.320 e. The zero-order valence-electron chi connectivity index (χ0n) is 9.49. The highest BCUT2D eigenvalue weighted by atomic mass is 32.2. The topological polar surface area (TPSA) is 89.3 Å². The van der Waals surface area contributed by atoms with Crippen molar-refractivity contribution < 1.29 is 13.2 Å². The van der Waals surface area contributed by atoms with Crippen molar-refractivity contribution in [2.24, 2.45) is 11.7 Å². The molecule has 3 N–H and O–H groups in total. The van der Waals surface area contributed by atoms with Crippen LogP contribution in [0.5, 0.6) is 0 Å². The molecule has 0 aromatic rings. The molecule has 0 saturated heterocycles. The zero-order chi connectivity index (χ0) is 12.1. The Balaban J connectivity index is 4.24. The molecule has 0 aromatic heterocycles. The Bertz CT molecular complexity index is 298. The molecule has 15 heavy (non-hydrogen) atoms. The van der Waals surface area contributed by atoms with Crippen LogP contribution in [0.25, 0.3) is 0 Å². The molecule has 0 bridgehead atoms. The largest absolute Gasteiger partial charge is 0.320 e. The summed E-state index contributed by atoms with van der Waals surface area (Å²) in [7, 11) is -3.49. The molecule has 5 nitrogen and oxygen atoms in total. The fourth-order valence-electron chi connectivity index (χ4n) is 1.16. The van der Waals surface area contributed by atoms with Crippen LogP contribution in [0.4, 0.5) is 0 Å². The number of carbonyl (C=O) groups excluding carboxylic acids is 1. The van der Waals surface area contributed by atoms with Crippen LogP contribution in [-0.2, 0) is 14.8 Å². The summed E-state index contributed by atoms with van der Waals surface area (Å²) in [6.07, 6.45) is 0.954. The van der Waals surface area contributed by atoms with Gasteiger partial charge in [-0.05, 0) is 18.8 Å². The zero-order valence-corrected chi connectivity index (χ0v) is 10.3. The molecule has 0 aliphatic carbocycles. The van der Waals surface area contributed by atoms with Crippen molar-refractivity contribution in [1.29, 1.82) is 0 Å². The number of nitrogens with one attached hydrogen (secondary N) is 1. The third-order valence-corrected chi connectivity index (χ3v) is 3.25. The predicted octanol–water partition coefficient (Wildman–Crippen LogP) is 0.216. The standard InChI is InChI=1S/C9H20N2O3S/c1-4-5-15(13,14)11-9(12)8(10)6-7(2)3/h7-8H,4-6,10H2,1-3H3,(H,11,12)/t8-/m0/s1. The van der Waals surface area contributed by atoms with Crippen molar-refractivity contribution in [2.45, 2.75) is 39.7 Å². The van der Waals surface area contributed by atoms with Gasteiger partial charge in [-0.1, -0.05) is 20.8 Å². The van der Waals surface area contributed by atoms with Crippen LogP contribution in [0.15, 0.2) is 0 Å². The smallest absolute Gasteiger partial charge is 0.250 e. The van der Waals surface area contributed by atoms with Crippen molar-refractivity contribution in [3.05, 3.63) is 0 Å². The summed E-state index contributed by atoms with van der Waals surface area (Å²) in [5, 5.41) is 0. The second-order valence-corrected chi connectivity index (χ2v) is 5.86. The molecule has 0 aromatic carbocycles. The van der Waals surface area contributed by atoms with Crippen LogP contribution in [0.2, 0.25) is 0 Å². The third kappa shape index (κ3) is 6.46. The lowest BCUT2D eigenvalue weighted by molar-refractivity contribution is -0.120. The fourth-order valence-corrected chi connectivity index (χ4v) is 2.26. The summed E-state index contributed by atoms with van der Waals surface area (Å²) >= 11 is 0. The third-order valence-electron chi connectivity index (χ3n) is 1.79. The summed E-state index contributed by atoms with van der Waals surface area (Å²) in [5.41, 5.74) is 5.55. The van der Waals surface area contributed by atoms with Gasteiger partial charge in [-0.3, -0.25) is 9.52 Å². The molecule has 0 fully saturated rings. The number of hydrogen-bond acceptors (Lipinski definition) is 4. The summed E-state index contributed by atoms with van der Waals surface area (Å²) in [5.74, 6) is -0.399. The van der Waals surface area contributed by atoms with Crippen molar-refractivity contribution in [1.82, 2.24) is 4.72 Å². The lowest BCUT2D eigenvalue weighted by atomic mass is 10.0. The van der Waals surface area contributed by atoms with Crippen LogP contribution < -0.4 is 10.5 Å². The normalized spacial score (nSPS) is 13.9. The minimum atomic E-state index is -3.49. The average Bonchev–Trinajstić information content (AvgIpc) is 2.01. The molecule has 0 aliphatic rings. The number of hydrogen-bond donors (Lipinski definition) is 2. The van der Waals surface area contributed by atoms with E-state index in [1.165, 1.54) is 0 Å². The molecular formula is C9H20N2O3S. The van der Waals surface area contributed by atoms with E-state index in [1.54, 1.807) is 6.92 Å². The van der Waals surface area contributed by atoms with Gasteiger partial charge in [-0.2, -0.15) is 0 Å². The summed E-state index contributed by atoms with van der Waals surface area (Å²) in [6, 6.07) is -0.753. The number of rotatable bonds is 6. The highest BCUT2D eigenvalue weighted by Crippen LogP contribution is 2.03. The molecule has 0 radical (unpaired) electrons. The lowest BCUT2D eigenvalue weighted by Gasteiger charge is -2.13. The van der Waals surface area contributed by atoms with Gasteiger partial charge in [0, 0.05) is 0 Å². The molecule has 6 heteroatoms. The monoisotopic (exact) mass is 236 g/mol. The highest BCUT2D eigenvalue weighted by molar-refractivity contribution is 7.90. The molecule has 90 valence electrons. The SMILES string of the molecule is CCCS(=O)(=O)NC(=O)[C@@H](N)CC(C)C. The Morgan fingerprint density at radius 2 is 1.93 bits per heavy atom. The molecular weight excluding hydrogens is 216 g/mol. The number of amides is 1. The highest BCUT2D eigenvalue weighted by Gasteiger charge is 2.20. The van der Waals surface area contributed by atoms with Crippen molar-refractivity contribution in [3.8, 4) is 0 Å². The summed E-state index contributed by atoms with van der Waals surface area (Å²) < 4.78 is 24.5. The second-order valence-electron chi connectivity index (χ2n) is 4.02. The number of nitrogens with two attached hydrogens (primary N) is 1. The van der Waals surface area contributed by atoms with Crippen LogP contribution in [0, 0.1) is 5.92 Å². The second kappa shape index (κ2) is 6.07. The van der Waals surface area contributed by atoms with Gasteiger partial charge < -0.3 is 5.73 Å². The van der Waals surface area contributed by atoms with Crippen LogP contribution in [-0.4, -0.2) is 26.1 Å². The van der Waals surface area contributed by atoms with E-state index in [-0.39, 0.29) is 11.7 Å². The Morgan fingerprint density at radius 1 is 1.40 bits per heavy atom. The van der Waals surface area contributed by atoms with Gasteiger partial charge in [0.05, 0.1) is 11.8 Å². The first-order chi connectivity index (χ1) is 6.78. The van der Waals surface area contributed by atoms with E-state index >= 15 is 0 Å². The Hall–Kier alpha value is -0.620. The number of carbonyl (C=O) groups is 1. The first-order valence-electron chi connectivity index (χ1n) is 5.08. The summed E-state index contributed by atoms with van der Waals surface area (Å²) in [4.78, 5) is 11.4. The van der Waals surface area contributed by atoms with E-state index in [1.807, 2.05) is 18.6 Å². The molecule has 0 heterocycles. The first kappa shape index (κ1) is 14.4. The van der Waals surface area contributed by atoms with E-state index in [0.29, 0.717) is 12.8 Å². The van der Waals surface area contributed by atoms with E-state index in [4.69, 9.17) is 5.73 Å². The Kier molecular flexibility index (Phi) is 5.82. The Labute approximate surface area is 91.5 Å². The van der Waals surface area contributed by atoms with Gasteiger partial charge >= 0.3 is 0 Å². The maximum atomic E-state index is 11.4. The average molecular weight is 236 g/mol. The predicted molar refractivity (Wildman–Crippen MR) is 59.7 cm³/mol. The molecule has 0 unspecified atom stereocenters. The molecule has 0 rings (SSSR count). The van der Waals surface area contributed by atoms with Gasteiger partial charge in [0.1, 0.15) is 0 Å². The fraction of sp³-hybridized carbons (Fsp3) is 0.889. The van der Waals surface area contributed by atoms with E-state index in [9.17, 15) is 13.2 Å². The van der Waals surface area contributed by atoms with Crippen LogP contribution in [0.1, 0.15) is 33.6 Å². The molecule has 1 amide bonds. The van der Waals surface area contributed by atoms with E-state index in [2.05, 4.69) is 0 Å². The van der Waals surface area contributed by atoms with E-state index in [0.717, 1.165) is 0 Å². The van der Waals surface area contributed by atoms with Gasteiger partial charge in [0.15, 0.2) is 0 Å². The molecule has 1 atom stereocenters. The molecule has 0 aliphatic heterocycles. The van der Waals surface area contributed by atoms with Crippen molar-refractivity contribution in [3.63, 3.8) is 0 Å². The minimum absolute atomic E-state index is 0.0485. The Morgan fingerprint density at radius 3 is 2.33 bits per heavy atom. The van der Waals surface area contributed by atoms with Crippen LogP contribution >= 0.6 is 0 Å². The first-order valence-corrected chi connectivity index (χ1v) is 6.73. The van der Waals surface area contributed by atoms with Gasteiger partial charge in [0.25, 0.3) is 0 Å². The van der Waals surface area contributed by atoms with Gasteiger partial charge in [-0.25, -0.2) is 8.42 Å².